The predicted molar refractivity (Wildman–Crippen MR) is 88.0 cm³/mol. The minimum Gasteiger partial charge on any atom is -0.484 e. The summed E-state index contributed by atoms with van der Waals surface area (Å²) in [6.07, 6.45) is 0. The molecular weight excluding hydrogens is 344 g/mol. The van der Waals surface area contributed by atoms with Gasteiger partial charge < -0.3 is 15.4 Å². The van der Waals surface area contributed by atoms with Crippen molar-refractivity contribution in [2.75, 3.05) is 13.7 Å². The van der Waals surface area contributed by atoms with Crippen LogP contribution in [0.5, 0.6) is 5.75 Å². The molecule has 26 heavy (non-hydrogen) atoms. The number of amides is 2. The van der Waals surface area contributed by atoms with Crippen molar-refractivity contribution in [1.29, 1.82) is 5.26 Å². The molecule has 2 aromatic rings. The van der Waals surface area contributed by atoms with E-state index in [1.165, 1.54) is 37.4 Å². The van der Waals surface area contributed by atoms with E-state index in [9.17, 15) is 18.4 Å². The summed E-state index contributed by atoms with van der Waals surface area (Å²) in [6.45, 7) is -0.400. The molecule has 0 saturated heterocycles. The van der Waals surface area contributed by atoms with Gasteiger partial charge in [0.2, 0.25) is 5.91 Å². The van der Waals surface area contributed by atoms with Crippen LogP contribution in [-0.4, -0.2) is 25.5 Å². The van der Waals surface area contributed by atoms with Gasteiger partial charge in [0.15, 0.2) is 18.2 Å². The van der Waals surface area contributed by atoms with Gasteiger partial charge in [-0.2, -0.15) is 5.26 Å². The Morgan fingerprint density at radius 3 is 2.42 bits per heavy atom. The molecule has 2 N–H and O–H groups in total. The van der Waals surface area contributed by atoms with E-state index in [1.807, 2.05) is 6.07 Å². The second kappa shape index (κ2) is 8.58. The lowest BCUT2D eigenvalue weighted by molar-refractivity contribution is -0.129. The van der Waals surface area contributed by atoms with Crippen molar-refractivity contribution in [3.05, 3.63) is 65.2 Å². The molecule has 0 bridgehead atoms. The zero-order valence-electron chi connectivity index (χ0n) is 13.8. The Balaban J connectivity index is 2.05. The van der Waals surface area contributed by atoms with Crippen molar-refractivity contribution >= 4 is 11.8 Å². The van der Waals surface area contributed by atoms with Crippen LogP contribution in [-0.2, 0) is 9.59 Å². The Morgan fingerprint density at radius 1 is 1.15 bits per heavy atom. The minimum absolute atomic E-state index is 0.0926. The molecule has 6 nitrogen and oxygen atoms in total. The second-order valence-corrected chi connectivity index (χ2v) is 5.21. The van der Waals surface area contributed by atoms with Gasteiger partial charge in [-0.05, 0) is 42.0 Å². The number of hydrogen-bond acceptors (Lipinski definition) is 4. The minimum atomic E-state index is -1.20. The maximum Gasteiger partial charge on any atom is 0.258 e. The number of ether oxygens (including phenoxy) is 1. The quantitative estimate of drug-likeness (QED) is 0.823. The van der Waals surface area contributed by atoms with Crippen LogP contribution in [0, 0.1) is 23.0 Å². The third kappa shape index (κ3) is 4.77. The van der Waals surface area contributed by atoms with Crippen LogP contribution in [0.3, 0.4) is 0 Å². The fraction of sp³-hybridized carbons (Fsp3) is 0.167. The Hall–Kier alpha value is -3.47. The summed E-state index contributed by atoms with van der Waals surface area (Å²) in [4.78, 5) is 24.0. The van der Waals surface area contributed by atoms with Gasteiger partial charge in [-0.1, -0.05) is 6.07 Å². The third-order valence-corrected chi connectivity index (χ3v) is 3.44. The molecule has 1 atom stereocenters. The molecule has 0 aliphatic carbocycles. The Bertz CT molecular complexity index is 848. The van der Waals surface area contributed by atoms with Gasteiger partial charge in [-0.3, -0.25) is 9.59 Å². The highest BCUT2D eigenvalue weighted by atomic mass is 19.2. The lowest BCUT2D eigenvalue weighted by atomic mass is 10.1. The highest BCUT2D eigenvalue weighted by Crippen LogP contribution is 2.17. The van der Waals surface area contributed by atoms with Gasteiger partial charge in [-0.25, -0.2) is 8.78 Å². The molecular formula is C18H15F2N3O3. The largest absolute Gasteiger partial charge is 0.484 e. The maximum atomic E-state index is 13.4. The van der Waals surface area contributed by atoms with Crippen LogP contribution >= 0.6 is 0 Å². The number of nitriles is 1. The van der Waals surface area contributed by atoms with Crippen molar-refractivity contribution < 1.29 is 23.1 Å². The molecule has 0 aromatic heterocycles. The Kier molecular flexibility index (Phi) is 6.22. The SMILES string of the molecule is CNC(=O)C(NC(=O)COc1ccc(C#N)cc1)c1ccc(F)c(F)c1. The number of carbonyl (C=O) groups is 2. The Morgan fingerprint density at radius 2 is 1.85 bits per heavy atom. The molecule has 0 heterocycles. The van der Waals surface area contributed by atoms with Gasteiger partial charge in [0.05, 0.1) is 11.6 Å². The Labute approximate surface area is 148 Å². The van der Waals surface area contributed by atoms with E-state index in [1.54, 1.807) is 0 Å². The fourth-order valence-electron chi connectivity index (χ4n) is 2.11. The molecule has 0 spiro atoms. The summed E-state index contributed by atoms with van der Waals surface area (Å²) in [5.74, 6) is -3.04. The molecule has 0 aliphatic heterocycles. The molecule has 8 heteroatoms. The number of carbonyl (C=O) groups excluding carboxylic acids is 2. The average molecular weight is 359 g/mol. The summed E-state index contributed by atoms with van der Waals surface area (Å²) in [6, 6.07) is 9.79. The zero-order valence-corrected chi connectivity index (χ0v) is 13.8. The number of nitrogens with zero attached hydrogens (tertiary/aromatic N) is 1. The van der Waals surface area contributed by atoms with Crippen molar-refractivity contribution in [3.8, 4) is 11.8 Å². The van der Waals surface area contributed by atoms with Crippen LogP contribution in [0.15, 0.2) is 42.5 Å². The third-order valence-electron chi connectivity index (χ3n) is 3.44. The summed E-state index contributed by atoms with van der Waals surface area (Å²) >= 11 is 0. The standard InChI is InChI=1S/C18H15F2N3O3/c1-22-18(25)17(12-4-7-14(19)15(20)8-12)23-16(24)10-26-13-5-2-11(9-21)3-6-13/h2-8,17H,10H2,1H3,(H,22,25)(H,23,24). The fourth-order valence-corrected chi connectivity index (χ4v) is 2.11. The first-order valence-corrected chi connectivity index (χ1v) is 7.53. The smallest absolute Gasteiger partial charge is 0.258 e. The second-order valence-electron chi connectivity index (χ2n) is 5.21. The van der Waals surface area contributed by atoms with E-state index < -0.39 is 36.1 Å². The molecule has 0 fully saturated rings. The summed E-state index contributed by atoms with van der Waals surface area (Å²) in [5.41, 5.74) is 0.537. The average Bonchev–Trinajstić information content (AvgIpc) is 2.66. The number of hydrogen-bond donors (Lipinski definition) is 2. The van der Waals surface area contributed by atoms with Gasteiger partial charge in [-0.15, -0.1) is 0 Å². The normalized spacial score (nSPS) is 11.2. The lowest BCUT2D eigenvalue weighted by Gasteiger charge is -2.18. The van der Waals surface area contributed by atoms with Crippen LogP contribution < -0.4 is 15.4 Å². The molecule has 2 rings (SSSR count). The summed E-state index contributed by atoms with van der Waals surface area (Å²) in [7, 11) is 1.36. The van der Waals surface area contributed by atoms with E-state index in [0.717, 1.165) is 12.1 Å². The van der Waals surface area contributed by atoms with Gasteiger partial charge in [0, 0.05) is 7.05 Å². The predicted octanol–water partition coefficient (Wildman–Crippen LogP) is 1.82. The van der Waals surface area contributed by atoms with Crippen molar-refractivity contribution in [1.82, 2.24) is 10.6 Å². The summed E-state index contributed by atoms with van der Waals surface area (Å²) in [5, 5.41) is 13.5. The van der Waals surface area contributed by atoms with E-state index in [-0.39, 0.29) is 5.56 Å². The van der Waals surface area contributed by atoms with Gasteiger partial charge in [0.25, 0.3) is 5.91 Å². The van der Waals surface area contributed by atoms with Crippen LogP contribution in [0.1, 0.15) is 17.2 Å². The number of halogens is 2. The molecule has 134 valence electrons. The highest BCUT2D eigenvalue weighted by molar-refractivity contribution is 5.89. The van der Waals surface area contributed by atoms with Crippen LogP contribution in [0.2, 0.25) is 0 Å². The molecule has 0 saturated carbocycles. The van der Waals surface area contributed by atoms with Gasteiger partial charge >= 0.3 is 0 Å². The monoisotopic (exact) mass is 359 g/mol. The molecule has 0 aliphatic rings. The lowest BCUT2D eigenvalue weighted by Crippen LogP contribution is -2.41. The van der Waals surface area contributed by atoms with Crippen LogP contribution in [0.4, 0.5) is 8.78 Å². The molecule has 1 unspecified atom stereocenters. The van der Waals surface area contributed by atoms with Gasteiger partial charge in [0.1, 0.15) is 11.8 Å². The maximum absolute atomic E-state index is 13.4. The van der Waals surface area contributed by atoms with Crippen molar-refractivity contribution in [2.24, 2.45) is 0 Å². The van der Waals surface area contributed by atoms with Crippen LogP contribution in [0.25, 0.3) is 0 Å². The van der Waals surface area contributed by atoms with E-state index in [0.29, 0.717) is 11.3 Å². The highest BCUT2D eigenvalue weighted by Gasteiger charge is 2.23. The first-order chi connectivity index (χ1) is 12.4. The van der Waals surface area contributed by atoms with E-state index in [2.05, 4.69) is 10.6 Å². The zero-order chi connectivity index (χ0) is 19.1. The topological polar surface area (TPSA) is 91.2 Å². The number of benzene rings is 2. The number of nitrogens with one attached hydrogen (secondary N) is 2. The van der Waals surface area contributed by atoms with Crippen molar-refractivity contribution in [2.45, 2.75) is 6.04 Å². The first-order valence-electron chi connectivity index (χ1n) is 7.53. The summed E-state index contributed by atoms with van der Waals surface area (Å²) < 4.78 is 31.7. The first kappa shape index (κ1) is 18.9. The number of rotatable bonds is 6. The molecule has 2 amide bonds. The van der Waals surface area contributed by atoms with Crippen molar-refractivity contribution in [3.63, 3.8) is 0 Å². The molecule has 2 aromatic carbocycles. The number of likely N-dealkylation sites (N-methyl/N-ethyl adjacent to an activating group) is 1. The van der Waals surface area contributed by atoms with E-state index >= 15 is 0 Å². The van der Waals surface area contributed by atoms with E-state index in [4.69, 9.17) is 10.00 Å². The molecule has 0 radical (unpaired) electrons.